The fourth-order valence-electron chi connectivity index (χ4n) is 3.94. The van der Waals surface area contributed by atoms with Gasteiger partial charge in [-0.1, -0.05) is 27.7 Å². The summed E-state index contributed by atoms with van der Waals surface area (Å²) in [6.07, 6.45) is 3.36. The Bertz CT molecular complexity index is 777. The van der Waals surface area contributed by atoms with Gasteiger partial charge in [0, 0.05) is 20.6 Å². The fourth-order valence-corrected chi connectivity index (χ4v) is 5.01. The second-order valence-corrected chi connectivity index (χ2v) is 12.6. The molecule has 0 aromatic carbocycles. The lowest BCUT2D eigenvalue weighted by atomic mass is 9.84. The molecule has 0 aromatic heterocycles. The van der Waals surface area contributed by atoms with Crippen molar-refractivity contribution in [2.24, 2.45) is 11.8 Å². The van der Waals surface area contributed by atoms with Crippen LogP contribution in [0.1, 0.15) is 93.9 Å². The Kier molecular flexibility index (Phi) is 17.6. The first-order valence-corrected chi connectivity index (χ1v) is 14.1. The van der Waals surface area contributed by atoms with Gasteiger partial charge in [-0.05, 0) is 71.6 Å². The van der Waals surface area contributed by atoms with Crippen LogP contribution in [0.4, 0.5) is 0 Å². The summed E-state index contributed by atoms with van der Waals surface area (Å²) in [6, 6.07) is 0. The number of ether oxygens (including phenoxy) is 2. The van der Waals surface area contributed by atoms with Gasteiger partial charge in [-0.3, -0.25) is 18.6 Å². The number of Topliss-reactive ketones (excluding diaryl/α,β-unsaturated/α-hetero) is 2. The zero-order valence-corrected chi connectivity index (χ0v) is 25.2. The van der Waals surface area contributed by atoms with Crippen LogP contribution in [0.3, 0.4) is 0 Å². The van der Waals surface area contributed by atoms with E-state index in [9.17, 15) is 22.8 Å². The van der Waals surface area contributed by atoms with E-state index in [1.807, 2.05) is 13.8 Å². The minimum absolute atomic E-state index is 0.00376. The number of hydrogen-bond donors (Lipinski definition) is 1. The number of carbonyl (C=O) groups excluding carboxylic acids is 3. The Labute approximate surface area is 219 Å². The van der Waals surface area contributed by atoms with Gasteiger partial charge >= 0.3 is 0 Å². The van der Waals surface area contributed by atoms with Crippen molar-refractivity contribution < 1.29 is 36.5 Å². The lowest BCUT2D eigenvalue weighted by molar-refractivity contribution is -0.142. The Balaban J connectivity index is 0. The van der Waals surface area contributed by atoms with Crippen LogP contribution in [-0.2, 0) is 38.2 Å². The summed E-state index contributed by atoms with van der Waals surface area (Å²) in [5.74, 6) is 0.448. The van der Waals surface area contributed by atoms with Crippen molar-refractivity contribution in [2.45, 2.75) is 111 Å². The van der Waals surface area contributed by atoms with Gasteiger partial charge in [0.1, 0.15) is 11.7 Å². The molecule has 0 bridgehead atoms. The molecular weight excluding hydrogens is 486 g/mol. The molecule has 0 radical (unpaired) electrons. The molecule has 10 heteroatoms. The van der Waals surface area contributed by atoms with E-state index in [-0.39, 0.29) is 35.8 Å². The normalized spacial score (nSPS) is 14.6. The van der Waals surface area contributed by atoms with Crippen molar-refractivity contribution in [3.8, 4) is 0 Å². The lowest BCUT2D eigenvalue weighted by Crippen LogP contribution is -2.48. The van der Waals surface area contributed by atoms with Crippen molar-refractivity contribution >= 4 is 27.6 Å². The molecule has 0 heterocycles. The first-order chi connectivity index (χ1) is 16.4. The van der Waals surface area contributed by atoms with E-state index in [0.29, 0.717) is 37.5 Å². The number of unbranched alkanes of at least 4 members (excludes halogenated alkanes) is 1. The Morgan fingerprint density at radius 1 is 0.917 bits per heavy atom. The number of amides is 1. The number of nitrogens with one attached hydrogen (secondary N) is 1. The molecule has 214 valence electrons. The molecule has 0 spiro atoms. The molecule has 0 aliphatic carbocycles. The van der Waals surface area contributed by atoms with Crippen LogP contribution >= 0.6 is 0 Å². The van der Waals surface area contributed by atoms with Crippen LogP contribution in [0.25, 0.3) is 0 Å². The maximum absolute atomic E-state index is 12.1. The summed E-state index contributed by atoms with van der Waals surface area (Å²) in [4.78, 5) is 34.9. The van der Waals surface area contributed by atoms with E-state index < -0.39 is 21.3 Å². The highest BCUT2D eigenvalue weighted by Crippen LogP contribution is 2.28. The van der Waals surface area contributed by atoms with Gasteiger partial charge < -0.3 is 14.8 Å². The quantitative estimate of drug-likeness (QED) is 0.217. The Morgan fingerprint density at radius 2 is 1.47 bits per heavy atom. The molecule has 0 rings (SSSR count). The second-order valence-electron chi connectivity index (χ2n) is 10.8. The van der Waals surface area contributed by atoms with E-state index in [1.54, 1.807) is 35.0 Å². The summed E-state index contributed by atoms with van der Waals surface area (Å²) >= 11 is 0. The first-order valence-electron chi connectivity index (χ1n) is 12.6. The summed E-state index contributed by atoms with van der Waals surface area (Å²) in [6.45, 7) is 14.6. The average molecular weight is 538 g/mol. The van der Waals surface area contributed by atoms with Crippen molar-refractivity contribution in [3.63, 3.8) is 0 Å². The highest BCUT2D eigenvalue weighted by Gasteiger charge is 2.35. The summed E-state index contributed by atoms with van der Waals surface area (Å²) < 4.78 is 38.0. The molecule has 0 fully saturated rings. The van der Waals surface area contributed by atoms with Crippen LogP contribution in [0.15, 0.2) is 0 Å². The van der Waals surface area contributed by atoms with Crippen molar-refractivity contribution in [1.29, 1.82) is 0 Å². The van der Waals surface area contributed by atoms with Gasteiger partial charge in [0.25, 0.3) is 10.1 Å². The Morgan fingerprint density at radius 3 is 1.81 bits per heavy atom. The molecule has 1 amide bonds. The predicted octanol–water partition coefficient (Wildman–Crippen LogP) is 4.07. The van der Waals surface area contributed by atoms with Crippen molar-refractivity contribution in [1.82, 2.24) is 5.32 Å². The molecule has 2 atom stereocenters. The molecule has 1 N–H and O–H groups in total. The fraction of sp³-hybridized carbons (Fsp3) is 0.885. The molecular formula is C26H51NO8S. The zero-order chi connectivity index (χ0) is 28.7. The lowest BCUT2D eigenvalue weighted by Gasteiger charge is -2.31. The molecule has 36 heavy (non-hydrogen) atoms. The zero-order valence-electron chi connectivity index (χ0n) is 24.4. The predicted molar refractivity (Wildman–Crippen MR) is 142 cm³/mol. The molecule has 9 nitrogen and oxygen atoms in total. The van der Waals surface area contributed by atoms with E-state index in [1.165, 1.54) is 6.92 Å². The first kappa shape index (κ1) is 36.8. The van der Waals surface area contributed by atoms with E-state index in [4.69, 9.17) is 9.47 Å². The average Bonchev–Trinajstić information content (AvgIpc) is 2.72. The second kappa shape index (κ2) is 17.2. The number of carbonyl (C=O) groups is 3. The minimum atomic E-state index is -3.66. The third kappa shape index (κ3) is 16.4. The van der Waals surface area contributed by atoms with Crippen LogP contribution in [-0.4, -0.2) is 70.2 Å². The molecule has 0 aliphatic heterocycles. The molecule has 0 aliphatic rings. The third-order valence-corrected chi connectivity index (χ3v) is 7.28. The number of methoxy groups -OCH3 is 2. The van der Waals surface area contributed by atoms with Crippen LogP contribution < -0.4 is 5.32 Å². The molecule has 0 saturated carbocycles. The highest BCUT2D eigenvalue weighted by molar-refractivity contribution is 7.86. The summed E-state index contributed by atoms with van der Waals surface area (Å²) in [7, 11) is 0.567. The van der Waals surface area contributed by atoms with Gasteiger partial charge in [0.15, 0.2) is 11.6 Å². The van der Waals surface area contributed by atoms with Gasteiger partial charge in [-0.15, -0.1) is 0 Å². The van der Waals surface area contributed by atoms with E-state index in [2.05, 4.69) is 23.3 Å². The summed E-state index contributed by atoms with van der Waals surface area (Å²) in [5.41, 5.74) is -1.71. The number of hydrogen-bond acceptors (Lipinski definition) is 8. The number of rotatable bonds is 17. The van der Waals surface area contributed by atoms with E-state index >= 15 is 0 Å². The molecule has 0 aromatic rings. The smallest absolute Gasteiger partial charge is 0.269 e. The van der Waals surface area contributed by atoms with Crippen LogP contribution in [0.2, 0.25) is 0 Å². The number of ketones is 2. The largest absolute Gasteiger partial charge is 0.374 e. The molecule has 2 unspecified atom stereocenters. The van der Waals surface area contributed by atoms with Gasteiger partial charge in [0.05, 0.1) is 18.4 Å². The highest BCUT2D eigenvalue weighted by atomic mass is 32.2. The van der Waals surface area contributed by atoms with Crippen molar-refractivity contribution in [2.75, 3.05) is 27.1 Å². The van der Waals surface area contributed by atoms with Gasteiger partial charge in [-0.25, -0.2) is 0 Å². The third-order valence-electron chi connectivity index (χ3n) is 5.70. The monoisotopic (exact) mass is 537 g/mol. The van der Waals surface area contributed by atoms with Crippen molar-refractivity contribution in [3.05, 3.63) is 0 Å². The topological polar surface area (TPSA) is 125 Å². The summed E-state index contributed by atoms with van der Waals surface area (Å²) in [5, 5.41) is 2.72. The maximum Gasteiger partial charge on any atom is 0.269 e. The van der Waals surface area contributed by atoms with Crippen LogP contribution in [0, 0.1) is 11.8 Å². The Hall–Kier alpha value is -1.36. The van der Waals surface area contributed by atoms with E-state index in [0.717, 1.165) is 13.5 Å². The van der Waals surface area contributed by atoms with Crippen LogP contribution in [0.5, 0.6) is 0 Å². The standard InChI is InChI=1S/C18H35NO6S.C8H16O2/c1-14(2)12-18(24-6,15(3)20)11-9-8-10-16(21)19-17(4,5)13-26(22,23)25-7;1-6(2)5-8(10-4)7(3)9/h14H,8-13H2,1-7H3,(H,19,21);6,8H,5H2,1-4H3. The maximum atomic E-state index is 12.1. The molecule has 0 saturated heterocycles. The minimum Gasteiger partial charge on any atom is -0.374 e. The van der Waals surface area contributed by atoms with Gasteiger partial charge in [0.2, 0.25) is 5.91 Å². The van der Waals surface area contributed by atoms with Gasteiger partial charge in [-0.2, -0.15) is 8.42 Å². The SMILES string of the molecule is COC(CC(C)C)C(C)=O.COC(CCCCC(=O)NC(C)(C)CS(=O)(=O)OC)(CC(C)C)C(C)=O.